The molecular weight excluding hydrogens is 326 g/mol. The highest BCUT2D eigenvalue weighted by Gasteiger charge is 2.16. The summed E-state index contributed by atoms with van der Waals surface area (Å²) in [6.45, 7) is -1.71. The highest BCUT2D eigenvalue weighted by atomic mass is 19.3. The maximum atomic E-state index is 12.3. The smallest absolute Gasteiger partial charge is 0.387 e. The van der Waals surface area contributed by atoms with E-state index in [1.54, 1.807) is 0 Å². The number of rotatable bonds is 9. The van der Waals surface area contributed by atoms with Gasteiger partial charge in [-0.1, -0.05) is 19.1 Å². The van der Waals surface area contributed by atoms with E-state index in [9.17, 15) is 23.2 Å². The summed E-state index contributed by atoms with van der Waals surface area (Å²) in [6.07, 6.45) is 0.746. The van der Waals surface area contributed by atoms with Crippen molar-refractivity contribution in [3.63, 3.8) is 0 Å². The minimum absolute atomic E-state index is 0.147. The van der Waals surface area contributed by atoms with Gasteiger partial charge in [-0.2, -0.15) is 8.78 Å². The summed E-state index contributed by atoms with van der Waals surface area (Å²) in [5.41, 5.74) is -0.147. The van der Waals surface area contributed by atoms with E-state index >= 15 is 0 Å². The van der Waals surface area contributed by atoms with E-state index in [0.717, 1.165) is 6.42 Å². The molecule has 0 aliphatic rings. The molecule has 0 aliphatic heterocycles. The number of esters is 1. The van der Waals surface area contributed by atoms with Gasteiger partial charge in [-0.3, -0.25) is 14.4 Å². The van der Waals surface area contributed by atoms with Gasteiger partial charge in [0, 0.05) is 6.54 Å². The van der Waals surface area contributed by atoms with Crippen molar-refractivity contribution >= 4 is 17.8 Å². The van der Waals surface area contributed by atoms with Crippen LogP contribution in [0.3, 0.4) is 0 Å². The van der Waals surface area contributed by atoms with Gasteiger partial charge >= 0.3 is 12.6 Å². The van der Waals surface area contributed by atoms with Crippen LogP contribution in [-0.4, -0.2) is 44.1 Å². The quantitative estimate of drug-likeness (QED) is 0.654. The van der Waals surface area contributed by atoms with Crippen LogP contribution in [0.25, 0.3) is 0 Å². The number of nitrogens with one attached hydrogen (secondary N) is 2. The highest BCUT2D eigenvalue weighted by molar-refractivity contribution is 5.98. The van der Waals surface area contributed by atoms with Crippen LogP contribution in [0, 0.1) is 0 Å². The van der Waals surface area contributed by atoms with Crippen molar-refractivity contribution in [1.82, 2.24) is 10.6 Å². The normalized spacial score (nSPS) is 10.2. The summed E-state index contributed by atoms with van der Waals surface area (Å²) in [4.78, 5) is 34.6. The number of hydrogen-bond acceptors (Lipinski definition) is 5. The van der Waals surface area contributed by atoms with Crippen LogP contribution >= 0.6 is 0 Å². The fraction of sp³-hybridized carbons (Fsp3) is 0.400. The molecule has 24 heavy (non-hydrogen) atoms. The van der Waals surface area contributed by atoms with E-state index in [-0.39, 0.29) is 11.3 Å². The van der Waals surface area contributed by atoms with Gasteiger partial charge in [-0.15, -0.1) is 0 Å². The summed E-state index contributed by atoms with van der Waals surface area (Å²) in [5.74, 6) is -2.37. The molecule has 1 aromatic carbocycles. The molecule has 0 saturated carbocycles. The number of alkyl halides is 2. The Balaban J connectivity index is 2.46. The van der Waals surface area contributed by atoms with E-state index in [1.807, 2.05) is 6.92 Å². The molecule has 0 unspecified atom stereocenters. The van der Waals surface area contributed by atoms with Gasteiger partial charge in [0.15, 0.2) is 6.61 Å². The Labute approximate surface area is 137 Å². The van der Waals surface area contributed by atoms with Crippen LogP contribution in [0.4, 0.5) is 8.78 Å². The fourth-order valence-electron chi connectivity index (χ4n) is 1.61. The lowest BCUT2D eigenvalue weighted by atomic mass is 10.2. The van der Waals surface area contributed by atoms with Crippen LogP contribution in [0.5, 0.6) is 5.75 Å². The van der Waals surface area contributed by atoms with Crippen LogP contribution < -0.4 is 15.4 Å². The molecule has 0 aliphatic carbocycles. The number of halogens is 2. The molecule has 132 valence electrons. The Kier molecular flexibility index (Phi) is 8.17. The molecule has 0 aromatic heterocycles. The Morgan fingerprint density at radius 2 is 1.88 bits per heavy atom. The highest BCUT2D eigenvalue weighted by Crippen LogP contribution is 2.19. The summed E-state index contributed by atoms with van der Waals surface area (Å²) in [5, 5.41) is 4.72. The zero-order valence-corrected chi connectivity index (χ0v) is 13.0. The van der Waals surface area contributed by atoms with Crippen molar-refractivity contribution < 1.29 is 32.6 Å². The van der Waals surface area contributed by atoms with E-state index < -0.39 is 37.5 Å². The van der Waals surface area contributed by atoms with E-state index in [2.05, 4.69) is 20.1 Å². The minimum atomic E-state index is -3.08. The van der Waals surface area contributed by atoms with Crippen molar-refractivity contribution in [2.24, 2.45) is 0 Å². The van der Waals surface area contributed by atoms with Gasteiger partial charge < -0.3 is 20.1 Å². The van der Waals surface area contributed by atoms with Crippen LogP contribution in [0.15, 0.2) is 24.3 Å². The monoisotopic (exact) mass is 344 g/mol. The predicted octanol–water partition coefficient (Wildman–Crippen LogP) is 1.09. The second-order valence-electron chi connectivity index (χ2n) is 4.57. The standard InChI is InChI=1S/C15H18F2N2O5/c1-2-7-18-12(20)9-23-13(21)8-19-14(22)10-5-3-4-6-11(10)24-15(16)17/h3-6,15H,2,7-9H2,1H3,(H,18,20)(H,19,22). The SMILES string of the molecule is CCCNC(=O)COC(=O)CNC(=O)c1ccccc1OC(F)F. The third-order valence-corrected chi connectivity index (χ3v) is 2.68. The second-order valence-corrected chi connectivity index (χ2v) is 4.57. The largest absolute Gasteiger partial charge is 0.454 e. The van der Waals surface area contributed by atoms with Crippen molar-refractivity contribution in [3.05, 3.63) is 29.8 Å². The van der Waals surface area contributed by atoms with Gasteiger partial charge in [0.1, 0.15) is 12.3 Å². The number of carbonyl (C=O) groups excluding carboxylic acids is 3. The lowest BCUT2D eigenvalue weighted by Gasteiger charge is -2.10. The first-order chi connectivity index (χ1) is 11.4. The second kappa shape index (κ2) is 10.1. The molecule has 0 bridgehead atoms. The molecular formula is C15H18F2N2O5. The van der Waals surface area contributed by atoms with Crippen molar-refractivity contribution in [1.29, 1.82) is 0 Å². The first-order valence-electron chi connectivity index (χ1n) is 7.18. The van der Waals surface area contributed by atoms with Gasteiger partial charge in [-0.05, 0) is 18.6 Å². The summed E-state index contributed by atoms with van der Waals surface area (Å²) in [7, 11) is 0. The molecule has 0 fully saturated rings. The Bertz CT molecular complexity index is 581. The lowest BCUT2D eigenvalue weighted by molar-refractivity contribution is -0.147. The molecule has 9 heteroatoms. The summed E-state index contributed by atoms with van der Waals surface area (Å²) >= 11 is 0. The average molecular weight is 344 g/mol. The number of hydrogen-bond donors (Lipinski definition) is 2. The molecule has 0 radical (unpaired) electrons. The molecule has 0 heterocycles. The number of carbonyl (C=O) groups is 3. The van der Waals surface area contributed by atoms with Gasteiger partial charge in [-0.25, -0.2) is 0 Å². The molecule has 0 atom stereocenters. The zero-order valence-electron chi connectivity index (χ0n) is 13.0. The number of para-hydroxylation sites is 1. The summed E-state index contributed by atoms with van der Waals surface area (Å²) in [6, 6.07) is 5.37. The first kappa shape index (κ1) is 19.3. The Hall–Kier alpha value is -2.71. The van der Waals surface area contributed by atoms with E-state index in [4.69, 9.17) is 0 Å². The Morgan fingerprint density at radius 1 is 1.17 bits per heavy atom. The van der Waals surface area contributed by atoms with Crippen LogP contribution in [0.2, 0.25) is 0 Å². The molecule has 2 amide bonds. The molecule has 0 saturated heterocycles. The molecule has 1 rings (SSSR count). The minimum Gasteiger partial charge on any atom is -0.454 e. The van der Waals surface area contributed by atoms with Gasteiger partial charge in [0.2, 0.25) is 0 Å². The average Bonchev–Trinajstić information content (AvgIpc) is 2.55. The first-order valence-corrected chi connectivity index (χ1v) is 7.18. The maximum Gasteiger partial charge on any atom is 0.387 e. The number of ether oxygens (including phenoxy) is 2. The zero-order chi connectivity index (χ0) is 17.9. The lowest BCUT2D eigenvalue weighted by Crippen LogP contribution is -2.34. The molecule has 0 spiro atoms. The van der Waals surface area contributed by atoms with Gasteiger partial charge in [0.05, 0.1) is 5.56 Å². The van der Waals surface area contributed by atoms with Crippen molar-refractivity contribution in [2.75, 3.05) is 19.7 Å². The Morgan fingerprint density at radius 3 is 2.54 bits per heavy atom. The van der Waals surface area contributed by atoms with E-state index in [1.165, 1.54) is 24.3 Å². The molecule has 7 nitrogen and oxygen atoms in total. The van der Waals surface area contributed by atoms with E-state index in [0.29, 0.717) is 6.54 Å². The van der Waals surface area contributed by atoms with Crippen molar-refractivity contribution in [3.8, 4) is 5.75 Å². The number of benzene rings is 1. The maximum absolute atomic E-state index is 12.3. The summed E-state index contributed by atoms with van der Waals surface area (Å²) < 4.78 is 33.4. The van der Waals surface area contributed by atoms with Crippen molar-refractivity contribution in [2.45, 2.75) is 20.0 Å². The third-order valence-electron chi connectivity index (χ3n) is 2.68. The van der Waals surface area contributed by atoms with Crippen LogP contribution in [-0.2, 0) is 14.3 Å². The third kappa shape index (κ3) is 7.03. The topological polar surface area (TPSA) is 93.7 Å². The van der Waals surface area contributed by atoms with Crippen LogP contribution in [0.1, 0.15) is 23.7 Å². The molecule has 1 aromatic rings. The van der Waals surface area contributed by atoms with Gasteiger partial charge in [0.25, 0.3) is 11.8 Å². The fourth-order valence-corrected chi connectivity index (χ4v) is 1.61. The molecule has 2 N–H and O–H groups in total. The predicted molar refractivity (Wildman–Crippen MR) is 79.7 cm³/mol. The number of amides is 2.